The quantitative estimate of drug-likeness (QED) is 0.601. The molecule has 2 N–H and O–H groups in total. The fourth-order valence-electron chi connectivity index (χ4n) is 2.46. The van der Waals surface area contributed by atoms with Crippen molar-refractivity contribution >= 4 is 17.3 Å². The van der Waals surface area contributed by atoms with Gasteiger partial charge in [-0.1, -0.05) is 42.8 Å². The number of fused-ring (bicyclic) bond motifs is 2. The van der Waals surface area contributed by atoms with E-state index in [1.165, 1.54) is 0 Å². The minimum Gasteiger partial charge on any atom is -0.355 e. The first kappa shape index (κ1) is 11.4. The Bertz CT molecular complexity index is 640. The number of nitrogens with one attached hydrogen (secondary N) is 2. The zero-order valence-electron chi connectivity index (χ0n) is 10.2. The van der Waals surface area contributed by atoms with Crippen molar-refractivity contribution in [2.24, 2.45) is 0 Å². The molecular weight excluding hydrogens is 236 g/mol. The summed E-state index contributed by atoms with van der Waals surface area (Å²) in [6.45, 7) is 0. The molecular formula is C16H12N2O. The summed E-state index contributed by atoms with van der Waals surface area (Å²) >= 11 is 0. The molecule has 0 atom stereocenters. The summed E-state index contributed by atoms with van der Waals surface area (Å²) < 4.78 is 0. The Labute approximate surface area is 111 Å². The van der Waals surface area contributed by atoms with E-state index in [1.807, 2.05) is 48.5 Å². The van der Waals surface area contributed by atoms with E-state index in [4.69, 9.17) is 6.42 Å². The highest BCUT2D eigenvalue weighted by Crippen LogP contribution is 2.40. The Morgan fingerprint density at radius 1 is 1.05 bits per heavy atom. The van der Waals surface area contributed by atoms with Gasteiger partial charge in [0.15, 0.2) is 0 Å². The van der Waals surface area contributed by atoms with E-state index < -0.39 is 0 Å². The summed E-state index contributed by atoms with van der Waals surface area (Å²) in [5.41, 5.74) is 3.76. The normalized spacial score (nSPS) is 12.6. The SMILES string of the molecule is C#CNC(=O)C1c2ccccc2Nc2ccccc21. The third kappa shape index (κ3) is 1.84. The predicted molar refractivity (Wildman–Crippen MR) is 75.0 cm³/mol. The van der Waals surface area contributed by atoms with E-state index in [9.17, 15) is 4.79 Å². The van der Waals surface area contributed by atoms with Gasteiger partial charge in [0.1, 0.15) is 0 Å². The van der Waals surface area contributed by atoms with Gasteiger partial charge in [-0.2, -0.15) is 0 Å². The monoisotopic (exact) mass is 248 g/mol. The largest absolute Gasteiger partial charge is 0.355 e. The molecule has 2 aromatic rings. The molecule has 0 aromatic heterocycles. The van der Waals surface area contributed by atoms with E-state index in [-0.39, 0.29) is 11.8 Å². The van der Waals surface area contributed by atoms with E-state index in [0.717, 1.165) is 22.5 Å². The molecule has 3 heteroatoms. The number of amides is 1. The molecule has 1 aliphatic rings. The zero-order valence-corrected chi connectivity index (χ0v) is 10.2. The fourth-order valence-corrected chi connectivity index (χ4v) is 2.46. The molecule has 92 valence electrons. The van der Waals surface area contributed by atoms with Crippen LogP contribution in [0.15, 0.2) is 48.5 Å². The molecule has 0 aliphatic carbocycles. The molecule has 0 bridgehead atoms. The van der Waals surface area contributed by atoms with Crippen molar-refractivity contribution in [1.29, 1.82) is 0 Å². The van der Waals surface area contributed by atoms with Crippen LogP contribution in [0.5, 0.6) is 0 Å². The molecule has 0 saturated heterocycles. The van der Waals surface area contributed by atoms with Crippen molar-refractivity contribution in [1.82, 2.24) is 5.32 Å². The summed E-state index contributed by atoms with van der Waals surface area (Å²) in [7, 11) is 0. The van der Waals surface area contributed by atoms with Crippen LogP contribution in [-0.4, -0.2) is 5.91 Å². The Balaban J connectivity index is 2.17. The first-order chi connectivity index (χ1) is 9.31. The maximum atomic E-state index is 12.2. The number of carbonyl (C=O) groups excluding carboxylic acids is 1. The Kier molecular flexibility index (Phi) is 2.70. The van der Waals surface area contributed by atoms with Crippen LogP contribution in [-0.2, 0) is 4.79 Å². The van der Waals surface area contributed by atoms with Gasteiger partial charge < -0.3 is 5.32 Å². The maximum Gasteiger partial charge on any atom is 0.243 e. The Hall–Kier alpha value is -2.73. The molecule has 3 nitrogen and oxygen atoms in total. The average Bonchev–Trinajstić information content (AvgIpc) is 2.44. The van der Waals surface area contributed by atoms with E-state index >= 15 is 0 Å². The lowest BCUT2D eigenvalue weighted by molar-refractivity contribution is -0.120. The molecule has 3 rings (SSSR count). The third-order valence-corrected chi connectivity index (χ3v) is 3.27. The van der Waals surface area contributed by atoms with Gasteiger partial charge in [-0.05, 0) is 23.3 Å². The van der Waals surface area contributed by atoms with Gasteiger partial charge in [-0.3, -0.25) is 10.1 Å². The molecule has 0 unspecified atom stereocenters. The number of benzene rings is 2. The van der Waals surface area contributed by atoms with Crippen molar-refractivity contribution < 1.29 is 4.79 Å². The number of terminal acetylenes is 1. The van der Waals surface area contributed by atoms with Gasteiger partial charge in [0, 0.05) is 17.4 Å². The maximum absolute atomic E-state index is 12.2. The van der Waals surface area contributed by atoms with Crippen molar-refractivity contribution in [2.75, 3.05) is 5.32 Å². The standard InChI is InChI=1S/C16H12N2O/c1-2-17-16(19)15-11-7-3-5-9-13(11)18-14-10-6-4-8-12(14)15/h1,3-10,15,18H,(H,17,19). The van der Waals surface area contributed by atoms with Gasteiger partial charge in [0.25, 0.3) is 0 Å². The Morgan fingerprint density at radius 3 is 2.11 bits per heavy atom. The lowest BCUT2D eigenvalue weighted by Gasteiger charge is -2.27. The summed E-state index contributed by atoms with van der Waals surface area (Å²) in [4.78, 5) is 12.2. The van der Waals surface area contributed by atoms with Gasteiger partial charge in [0.05, 0.1) is 5.92 Å². The second-order valence-corrected chi connectivity index (χ2v) is 4.37. The van der Waals surface area contributed by atoms with Gasteiger partial charge >= 0.3 is 0 Å². The lowest BCUT2D eigenvalue weighted by Crippen LogP contribution is -2.29. The second kappa shape index (κ2) is 4.51. The molecule has 0 radical (unpaired) electrons. The molecule has 1 aliphatic heterocycles. The highest BCUT2D eigenvalue weighted by atomic mass is 16.1. The Morgan fingerprint density at radius 2 is 1.58 bits per heavy atom. The number of carbonyl (C=O) groups is 1. The van der Waals surface area contributed by atoms with Crippen LogP contribution in [0, 0.1) is 12.5 Å². The average molecular weight is 248 g/mol. The number of anilines is 2. The summed E-state index contributed by atoms with van der Waals surface area (Å²) in [6.07, 6.45) is 5.18. The van der Waals surface area contributed by atoms with E-state index in [1.54, 1.807) is 0 Å². The van der Waals surface area contributed by atoms with Crippen molar-refractivity contribution in [3.63, 3.8) is 0 Å². The summed E-state index contributed by atoms with van der Waals surface area (Å²) in [6, 6.07) is 17.7. The molecule has 1 heterocycles. The van der Waals surface area contributed by atoms with Crippen LogP contribution in [0.3, 0.4) is 0 Å². The van der Waals surface area contributed by atoms with Gasteiger partial charge in [0.2, 0.25) is 5.91 Å². The molecule has 0 saturated carbocycles. The third-order valence-electron chi connectivity index (χ3n) is 3.27. The molecule has 1 amide bonds. The second-order valence-electron chi connectivity index (χ2n) is 4.37. The fraction of sp³-hybridized carbons (Fsp3) is 0.0625. The van der Waals surface area contributed by atoms with Crippen LogP contribution in [0.4, 0.5) is 11.4 Å². The molecule has 19 heavy (non-hydrogen) atoms. The highest BCUT2D eigenvalue weighted by molar-refractivity contribution is 5.94. The number of para-hydroxylation sites is 2. The highest BCUT2D eigenvalue weighted by Gasteiger charge is 2.30. The van der Waals surface area contributed by atoms with Crippen LogP contribution in [0.2, 0.25) is 0 Å². The number of rotatable bonds is 1. The van der Waals surface area contributed by atoms with Crippen molar-refractivity contribution in [3.8, 4) is 12.5 Å². The molecule has 0 spiro atoms. The first-order valence-electron chi connectivity index (χ1n) is 6.01. The van der Waals surface area contributed by atoms with Gasteiger partial charge in [-0.15, -0.1) is 0 Å². The minimum atomic E-state index is -0.371. The zero-order chi connectivity index (χ0) is 13.2. The van der Waals surface area contributed by atoms with Crippen LogP contribution >= 0.6 is 0 Å². The van der Waals surface area contributed by atoms with E-state index in [0.29, 0.717) is 0 Å². The first-order valence-corrected chi connectivity index (χ1v) is 6.01. The number of hydrogen-bond acceptors (Lipinski definition) is 2. The van der Waals surface area contributed by atoms with Crippen LogP contribution < -0.4 is 10.6 Å². The summed E-state index contributed by atoms with van der Waals surface area (Å²) in [5, 5.41) is 5.79. The predicted octanol–water partition coefficient (Wildman–Crippen LogP) is 2.58. The van der Waals surface area contributed by atoms with Crippen LogP contribution in [0.25, 0.3) is 0 Å². The van der Waals surface area contributed by atoms with Crippen molar-refractivity contribution in [2.45, 2.75) is 5.92 Å². The topological polar surface area (TPSA) is 41.1 Å². The minimum absolute atomic E-state index is 0.177. The van der Waals surface area contributed by atoms with Crippen LogP contribution in [0.1, 0.15) is 17.0 Å². The smallest absolute Gasteiger partial charge is 0.243 e. The molecule has 2 aromatic carbocycles. The lowest BCUT2D eigenvalue weighted by atomic mass is 9.85. The number of hydrogen-bond donors (Lipinski definition) is 2. The summed E-state index contributed by atoms with van der Waals surface area (Å²) in [5.74, 6) is -0.548. The van der Waals surface area contributed by atoms with E-state index in [2.05, 4.69) is 16.7 Å². The van der Waals surface area contributed by atoms with Crippen molar-refractivity contribution in [3.05, 3.63) is 59.7 Å². The molecule has 0 fully saturated rings. The van der Waals surface area contributed by atoms with Gasteiger partial charge in [-0.25, -0.2) is 0 Å².